The average Bonchev–Trinajstić information content (AvgIpc) is 3.48. The molecule has 34 heavy (non-hydrogen) atoms. The number of aryl methyl sites for hydroxylation is 1. The van der Waals surface area contributed by atoms with Crippen LogP contribution in [-0.2, 0) is 4.74 Å². The Labute approximate surface area is 202 Å². The lowest BCUT2D eigenvalue weighted by atomic mass is 10.1. The van der Waals surface area contributed by atoms with Crippen molar-refractivity contribution in [1.82, 2.24) is 19.4 Å². The zero-order valence-corrected chi connectivity index (χ0v) is 20.9. The van der Waals surface area contributed by atoms with Gasteiger partial charge in [-0.2, -0.15) is 0 Å². The Balaban J connectivity index is 1.56. The van der Waals surface area contributed by atoms with Gasteiger partial charge >= 0.3 is 6.09 Å². The van der Waals surface area contributed by atoms with Crippen molar-refractivity contribution in [2.45, 2.75) is 45.8 Å². The van der Waals surface area contributed by atoms with Crippen molar-refractivity contribution in [3.8, 4) is 16.2 Å². The highest BCUT2D eigenvalue weighted by molar-refractivity contribution is 7.22. The number of hydrogen-bond acceptors (Lipinski definition) is 7. The number of nitrogens with zero attached hydrogens (tertiary/aromatic N) is 4. The number of amides is 1. The quantitative estimate of drug-likeness (QED) is 0.423. The average molecular weight is 480 g/mol. The minimum absolute atomic E-state index is 0.0734. The molecule has 8 nitrogen and oxygen atoms in total. The number of benzene rings is 1. The molecule has 0 radical (unpaired) electrons. The fourth-order valence-electron chi connectivity index (χ4n) is 4.58. The normalized spacial score (nSPS) is 16.5. The monoisotopic (exact) mass is 479 g/mol. The maximum absolute atomic E-state index is 12.6. The highest BCUT2D eigenvalue weighted by atomic mass is 32.1. The molecule has 1 aliphatic rings. The van der Waals surface area contributed by atoms with Crippen LogP contribution in [0.3, 0.4) is 0 Å². The molecule has 1 aliphatic heterocycles. The van der Waals surface area contributed by atoms with E-state index in [1.807, 2.05) is 26.8 Å². The number of nitrogen functional groups attached to an aromatic ring is 1. The van der Waals surface area contributed by atoms with Gasteiger partial charge in [0.2, 0.25) is 0 Å². The van der Waals surface area contributed by atoms with Crippen molar-refractivity contribution >= 4 is 44.4 Å². The van der Waals surface area contributed by atoms with E-state index in [1.54, 1.807) is 23.3 Å². The Hall–Kier alpha value is -3.33. The summed E-state index contributed by atoms with van der Waals surface area (Å²) in [6, 6.07) is 6.45. The van der Waals surface area contributed by atoms with Crippen LogP contribution in [0.1, 0.15) is 38.8 Å². The van der Waals surface area contributed by atoms with E-state index in [0.29, 0.717) is 18.9 Å². The molecular formula is C25H29N5O3S. The van der Waals surface area contributed by atoms with Gasteiger partial charge in [0.25, 0.3) is 0 Å². The second kappa shape index (κ2) is 8.16. The molecule has 0 saturated carbocycles. The second-order valence-corrected chi connectivity index (χ2v) is 10.8. The van der Waals surface area contributed by atoms with Crippen molar-refractivity contribution in [3.63, 3.8) is 0 Å². The number of methoxy groups -OCH3 is 1. The second-order valence-electron chi connectivity index (χ2n) is 9.77. The minimum atomic E-state index is -0.523. The highest BCUT2D eigenvalue weighted by Crippen LogP contribution is 2.43. The number of hydrogen-bond donors (Lipinski definition) is 1. The summed E-state index contributed by atoms with van der Waals surface area (Å²) in [6.45, 7) is 8.89. The van der Waals surface area contributed by atoms with E-state index >= 15 is 0 Å². The maximum atomic E-state index is 12.6. The van der Waals surface area contributed by atoms with E-state index in [-0.39, 0.29) is 12.1 Å². The fourth-order valence-corrected chi connectivity index (χ4v) is 5.73. The van der Waals surface area contributed by atoms with E-state index in [2.05, 4.69) is 39.8 Å². The lowest BCUT2D eigenvalue weighted by molar-refractivity contribution is 0.0289. The van der Waals surface area contributed by atoms with Gasteiger partial charge in [-0.3, -0.25) is 0 Å². The standard InChI is InChI=1S/C25H29N5O3S/c1-14-8-15-10-19(34-21(15)18(9-14)32-5)17-12-30(23-20(17)22(26)27-13-28-23)16-6-7-29(11-16)24(31)33-25(2,3)4/h8-10,12-13,16H,6-7,11H2,1-5H3,(H2,26,27,28)/t16-/m1/s1. The lowest BCUT2D eigenvalue weighted by Gasteiger charge is -2.24. The Morgan fingerprint density at radius 2 is 2.03 bits per heavy atom. The van der Waals surface area contributed by atoms with Crippen molar-refractivity contribution in [1.29, 1.82) is 0 Å². The molecule has 4 aromatic rings. The van der Waals surface area contributed by atoms with E-state index in [1.165, 1.54) is 6.33 Å². The first-order valence-corrected chi connectivity index (χ1v) is 12.1. The summed E-state index contributed by atoms with van der Waals surface area (Å²) < 4.78 is 14.4. The van der Waals surface area contributed by atoms with Crippen molar-refractivity contribution in [3.05, 3.63) is 36.3 Å². The Morgan fingerprint density at radius 1 is 1.24 bits per heavy atom. The summed E-state index contributed by atoms with van der Waals surface area (Å²) >= 11 is 1.67. The summed E-state index contributed by atoms with van der Waals surface area (Å²) in [4.78, 5) is 24.3. The number of anilines is 1. The van der Waals surface area contributed by atoms with Crippen LogP contribution in [-0.4, -0.2) is 51.3 Å². The molecule has 5 rings (SSSR count). The third-order valence-corrected chi connectivity index (χ3v) is 7.26. The summed E-state index contributed by atoms with van der Waals surface area (Å²) in [7, 11) is 1.70. The van der Waals surface area contributed by atoms with Crippen LogP contribution in [0.5, 0.6) is 5.75 Å². The molecule has 1 fully saturated rings. The van der Waals surface area contributed by atoms with Crippen LogP contribution in [0.15, 0.2) is 30.7 Å². The topological polar surface area (TPSA) is 95.5 Å². The van der Waals surface area contributed by atoms with Gasteiger partial charge in [0, 0.05) is 29.7 Å². The molecule has 9 heteroatoms. The number of aromatic nitrogens is 3. The Morgan fingerprint density at radius 3 is 2.76 bits per heavy atom. The lowest BCUT2D eigenvalue weighted by Crippen LogP contribution is -2.35. The molecule has 1 atom stereocenters. The predicted molar refractivity (Wildman–Crippen MR) is 136 cm³/mol. The van der Waals surface area contributed by atoms with Crippen LogP contribution in [0.4, 0.5) is 10.6 Å². The number of rotatable bonds is 3. The summed E-state index contributed by atoms with van der Waals surface area (Å²) in [5.41, 5.74) is 8.75. The highest BCUT2D eigenvalue weighted by Gasteiger charge is 2.32. The number of fused-ring (bicyclic) bond motifs is 2. The number of nitrogens with two attached hydrogens (primary N) is 1. The minimum Gasteiger partial charge on any atom is -0.495 e. The Kier molecular flexibility index (Phi) is 5.39. The molecule has 0 unspecified atom stereocenters. The van der Waals surface area contributed by atoms with E-state index in [0.717, 1.165) is 49.3 Å². The van der Waals surface area contributed by atoms with Gasteiger partial charge in [-0.05, 0) is 57.2 Å². The molecule has 1 aromatic carbocycles. The molecule has 3 aromatic heterocycles. The van der Waals surface area contributed by atoms with Gasteiger partial charge in [-0.1, -0.05) is 6.07 Å². The van der Waals surface area contributed by atoms with Gasteiger partial charge in [-0.25, -0.2) is 14.8 Å². The molecule has 2 N–H and O–H groups in total. The van der Waals surface area contributed by atoms with Crippen molar-refractivity contribution < 1.29 is 14.3 Å². The molecule has 1 saturated heterocycles. The third-order valence-electron chi connectivity index (χ3n) is 6.06. The molecule has 0 aliphatic carbocycles. The van der Waals surface area contributed by atoms with E-state index < -0.39 is 5.60 Å². The summed E-state index contributed by atoms with van der Waals surface area (Å²) in [5.74, 6) is 1.31. The first-order chi connectivity index (χ1) is 16.1. The first-order valence-electron chi connectivity index (χ1n) is 11.3. The third kappa shape index (κ3) is 3.94. The molecular weight excluding hydrogens is 450 g/mol. The van der Waals surface area contributed by atoms with Crippen molar-refractivity contribution in [2.24, 2.45) is 0 Å². The van der Waals surface area contributed by atoms with Crippen LogP contribution in [0.2, 0.25) is 0 Å². The molecule has 178 valence electrons. The van der Waals surface area contributed by atoms with Gasteiger partial charge in [0.05, 0.1) is 23.2 Å². The Bertz CT molecular complexity index is 1400. The van der Waals surface area contributed by atoms with Crippen molar-refractivity contribution in [2.75, 3.05) is 25.9 Å². The number of ether oxygens (including phenoxy) is 2. The predicted octanol–water partition coefficient (Wildman–Crippen LogP) is 5.39. The van der Waals surface area contributed by atoms with Gasteiger partial charge in [0.1, 0.15) is 29.1 Å². The number of carbonyl (C=O) groups is 1. The first kappa shape index (κ1) is 22.5. The number of likely N-dealkylation sites (tertiary alicyclic amines) is 1. The smallest absolute Gasteiger partial charge is 0.410 e. The zero-order chi connectivity index (χ0) is 24.2. The van der Waals surface area contributed by atoms with Crippen LogP contribution >= 0.6 is 11.3 Å². The van der Waals surface area contributed by atoms with E-state index in [4.69, 9.17) is 15.2 Å². The number of carbonyl (C=O) groups excluding carboxylic acids is 1. The largest absolute Gasteiger partial charge is 0.495 e. The molecule has 1 amide bonds. The number of thiophene rings is 1. The zero-order valence-electron chi connectivity index (χ0n) is 20.1. The van der Waals surface area contributed by atoms with Gasteiger partial charge < -0.3 is 24.7 Å². The van der Waals surface area contributed by atoms with Crippen LogP contribution < -0.4 is 10.5 Å². The summed E-state index contributed by atoms with van der Waals surface area (Å²) in [5, 5.41) is 1.96. The molecule has 4 heterocycles. The van der Waals surface area contributed by atoms with E-state index in [9.17, 15) is 4.79 Å². The van der Waals surface area contributed by atoms with Gasteiger partial charge in [-0.15, -0.1) is 11.3 Å². The SMILES string of the molecule is COc1cc(C)cc2cc(-c3cn([C@@H]4CCN(C(=O)OC(C)(C)C)C4)c4ncnc(N)c34)sc12. The van der Waals surface area contributed by atoms with Crippen LogP contribution in [0, 0.1) is 6.92 Å². The summed E-state index contributed by atoms with van der Waals surface area (Å²) in [6.07, 6.45) is 4.12. The van der Waals surface area contributed by atoms with Gasteiger partial charge in [0.15, 0.2) is 0 Å². The van der Waals surface area contributed by atoms with Crippen LogP contribution in [0.25, 0.3) is 31.6 Å². The molecule has 0 spiro atoms. The molecule has 0 bridgehead atoms. The maximum Gasteiger partial charge on any atom is 0.410 e. The fraction of sp³-hybridized carbons (Fsp3) is 0.400.